The van der Waals surface area contributed by atoms with Gasteiger partial charge in [-0.3, -0.25) is 9.59 Å². The van der Waals surface area contributed by atoms with Gasteiger partial charge < -0.3 is 14.8 Å². The third-order valence-corrected chi connectivity index (χ3v) is 5.62. The number of nitrogens with one attached hydrogen (secondary N) is 1. The first kappa shape index (κ1) is 24.9. The fourth-order valence-corrected chi connectivity index (χ4v) is 4.19. The van der Waals surface area contributed by atoms with Gasteiger partial charge >= 0.3 is 11.9 Å². The largest absolute Gasteiger partial charge is 0.462 e. The van der Waals surface area contributed by atoms with Crippen molar-refractivity contribution in [2.24, 2.45) is 0 Å². The number of hydrogen-bond acceptors (Lipinski definition) is 11. The molecule has 0 saturated carbocycles. The van der Waals surface area contributed by atoms with E-state index in [0.717, 1.165) is 34.9 Å². The summed E-state index contributed by atoms with van der Waals surface area (Å²) in [5, 5.41) is 9.75. The number of carbonyl (C=O) groups excluding carboxylic acids is 4. The molecule has 0 fully saturated rings. The van der Waals surface area contributed by atoms with Crippen molar-refractivity contribution in [3.8, 4) is 0 Å². The van der Waals surface area contributed by atoms with Crippen LogP contribution in [0.4, 0.5) is 4.79 Å². The standard InChI is InChI=1S/C17H21N3O6S3/c1-10(2)13(22)25-8-5-6-12(21)27-16-19-20-17(29-16)28-15(24)18-7-9-26-14(23)11(3)4/h1,3,5-9H2,2,4H3,(H,18,24). The van der Waals surface area contributed by atoms with Crippen LogP contribution >= 0.6 is 34.9 Å². The van der Waals surface area contributed by atoms with E-state index < -0.39 is 11.9 Å². The van der Waals surface area contributed by atoms with Crippen LogP contribution in [0.1, 0.15) is 26.7 Å². The molecule has 0 radical (unpaired) electrons. The van der Waals surface area contributed by atoms with Crippen molar-refractivity contribution in [1.82, 2.24) is 15.5 Å². The zero-order chi connectivity index (χ0) is 21.8. The Bertz CT molecular complexity index is 731. The van der Waals surface area contributed by atoms with Crippen LogP contribution in [0.2, 0.25) is 0 Å². The van der Waals surface area contributed by atoms with E-state index in [-0.39, 0.29) is 42.1 Å². The van der Waals surface area contributed by atoms with Crippen molar-refractivity contribution < 1.29 is 28.7 Å². The summed E-state index contributed by atoms with van der Waals surface area (Å²) in [4.78, 5) is 46.1. The van der Waals surface area contributed by atoms with Crippen LogP contribution in [0.15, 0.2) is 33.0 Å². The van der Waals surface area contributed by atoms with Gasteiger partial charge in [0.15, 0.2) is 13.8 Å². The smallest absolute Gasteiger partial charge is 0.333 e. The molecule has 1 heterocycles. The lowest BCUT2D eigenvalue weighted by Crippen LogP contribution is -2.24. The second-order valence-corrected chi connectivity index (χ2v) is 9.06. The van der Waals surface area contributed by atoms with E-state index in [9.17, 15) is 19.2 Å². The second kappa shape index (κ2) is 13.1. The van der Waals surface area contributed by atoms with E-state index in [1.807, 2.05) is 0 Å². The molecule has 29 heavy (non-hydrogen) atoms. The molecule has 0 bridgehead atoms. The molecule has 1 aromatic rings. The van der Waals surface area contributed by atoms with Gasteiger partial charge in [0.25, 0.3) is 5.24 Å². The molecule has 0 aliphatic heterocycles. The van der Waals surface area contributed by atoms with E-state index >= 15 is 0 Å². The maximum Gasteiger partial charge on any atom is 0.333 e. The maximum absolute atomic E-state index is 11.9. The minimum Gasteiger partial charge on any atom is -0.462 e. The Morgan fingerprint density at radius 3 is 2.10 bits per heavy atom. The van der Waals surface area contributed by atoms with Crippen molar-refractivity contribution in [2.75, 3.05) is 19.8 Å². The summed E-state index contributed by atoms with van der Waals surface area (Å²) in [5.74, 6) is -1.00. The summed E-state index contributed by atoms with van der Waals surface area (Å²) in [6.07, 6.45) is 0.600. The number of aromatic nitrogens is 2. The molecule has 0 aliphatic carbocycles. The Labute approximate surface area is 180 Å². The number of carbonyl (C=O) groups is 4. The van der Waals surface area contributed by atoms with Crippen LogP contribution in [0.5, 0.6) is 0 Å². The van der Waals surface area contributed by atoms with Crippen molar-refractivity contribution in [1.29, 1.82) is 0 Å². The number of hydrogen-bond donors (Lipinski definition) is 1. The lowest BCUT2D eigenvalue weighted by molar-refractivity contribution is -0.139. The van der Waals surface area contributed by atoms with Gasteiger partial charge in [0, 0.05) is 29.3 Å². The SMILES string of the molecule is C=C(C)C(=O)OCCCC(=O)Sc1nnc(SC(=O)NCCOC(=O)C(=C)C)s1. The van der Waals surface area contributed by atoms with Crippen molar-refractivity contribution in [3.05, 3.63) is 24.3 Å². The summed E-state index contributed by atoms with van der Waals surface area (Å²) >= 11 is 2.87. The average molecular weight is 460 g/mol. The minimum absolute atomic E-state index is 0.0331. The third kappa shape index (κ3) is 10.8. The zero-order valence-corrected chi connectivity index (χ0v) is 18.5. The van der Waals surface area contributed by atoms with Crippen LogP contribution in [0.3, 0.4) is 0 Å². The number of rotatable bonds is 11. The molecule has 9 nitrogen and oxygen atoms in total. The first-order valence-corrected chi connectivity index (χ1v) is 10.8. The summed E-state index contributed by atoms with van der Waals surface area (Å²) < 4.78 is 10.6. The molecule has 1 aromatic heterocycles. The second-order valence-electron chi connectivity index (χ2n) is 5.56. The lowest BCUT2D eigenvalue weighted by Gasteiger charge is -2.05. The topological polar surface area (TPSA) is 125 Å². The van der Waals surface area contributed by atoms with Gasteiger partial charge in [-0.2, -0.15) is 0 Å². The number of amides is 1. The van der Waals surface area contributed by atoms with Crippen molar-refractivity contribution >= 4 is 57.2 Å². The molecule has 0 saturated heterocycles. The van der Waals surface area contributed by atoms with Gasteiger partial charge in [0.1, 0.15) is 6.61 Å². The van der Waals surface area contributed by atoms with E-state index in [1.165, 1.54) is 6.92 Å². The first-order valence-electron chi connectivity index (χ1n) is 8.34. The van der Waals surface area contributed by atoms with Crippen LogP contribution in [0, 0.1) is 0 Å². The Hall–Kier alpha value is -2.18. The highest BCUT2D eigenvalue weighted by molar-refractivity contribution is 8.16. The minimum atomic E-state index is -0.517. The Kier molecular flexibility index (Phi) is 11.2. The molecular formula is C17H21N3O6S3. The fraction of sp³-hybridized carbons (Fsp3) is 0.412. The number of ether oxygens (including phenoxy) is 2. The zero-order valence-electron chi connectivity index (χ0n) is 16.0. The van der Waals surface area contributed by atoms with Crippen LogP contribution in [-0.4, -0.2) is 52.2 Å². The highest BCUT2D eigenvalue weighted by Crippen LogP contribution is 2.30. The van der Waals surface area contributed by atoms with E-state index in [2.05, 4.69) is 28.7 Å². The fourth-order valence-electron chi connectivity index (χ4n) is 1.47. The molecule has 1 amide bonds. The molecular weight excluding hydrogens is 438 g/mol. The highest BCUT2D eigenvalue weighted by Gasteiger charge is 2.14. The van der Waals surface area contributed by atoms with Gasteiger partial charge in [0.05, 0.1) is 13.2 Å². The third-order valence-electron chi connectivity index (χ3n) is 2.83. The normalized spacial score (nSPS) is 10.1. The van der Waals surface area contributed by atoms with Crippen LogP contribution < -0.4 is 5.32 Å². The Balaban J connectivity index is 2.26. The molecule has 0 atom stereocenters. The molecule has 1 rings (SSSR count). The highest BCUT2D eigenvalue weighted by atomic mass is 32.2. The number of esters is 2. The van der Waals surface area contributed by atoms with E-state index in [1.54, 1.807) is 6.92 Å². The summed E-state index contributed by atoms with van der Waals surface area (Å²) in [7, 11) is 0. The predicted octanol–water partition coefficient (Wildman–Crippen LogP) is 2.98. The molecule has 12 heteroatoms. The maximum atomic E-state index is 11.9. The molecule has 158 valence electrons. The van der Waals surface area contributed by atoms with Crippen molar-refractivity contribution in [3.63, 3.8) is 0 Å². The molecule has 0 aliphatic rings. The first-order chi connectivity index (χ1) is 13.7. The van der Waals surface area contributed by atoms with Gasteiger partial charge in [-0.25, -0.2) is 9.59 Å². The predicted molar refractivity (Wildman–Crippen MR) is 111 cm³/mol. The molecule has 0 spiro atoms. The lowest BCUT2D eigenvalue weighted by atomic mass is 10.3. The van der Waals surface area contributed by atoms with E-state index in [0.29, 0.717) is 20.7 Å². The Morgan fingerprint density at radius 2 is 1.52 bits per heavy atom. The van der Waals surface area contributed by atoms with Gasteiger partial charge in [-0.05, 0) is 32.0 Å². The molecule has 1 N–H and O–H groups in total. The Morgan fingerprint density at radius 1 is 0.966 bits per heavy atom. The van der Waals surface area contributed by atoms with Gasteiger partial charge in [-0.15, -0.1) is 10.2 Å². The van der Waals surface area contributed by atoms with Gasteiger partial charge in [-0.1, -0.05) is 24.5 Å². The number of thioether (sulfide) groups is 2. The quantitative estimate of drug-likeness (QED) is 0.228. The van der Waals surface area contributed by atoms with Crippen molar-refractivity contribution in [2.45, 2.75) is 35.4 Å². The number of nitrogens with zero attached hydrogens (tertiary/aromatic N) is 2. The van der Waals surface area contributed by atoms with Crippen LogP contribution in [0.25, 0.3) is 0 Å². The molecule has 0 unspecified atom stereocenters. The monoisotopic (exact) mass is 459 g/mol. The summed E-state index contributed by atoms with van der Waals surface area (Å²) in [6.45, 7) is 10.3. The summed E-state index contributed by atoms with van der Waals surface area (Å²) in [6, 6.07) is 0. The summed E-state index contributed by atoms with van der Waals surface area (Å²) in [5.41, 5.74) is 0.591. The molecule has 0 aromatic carbocycles. The van der Waals surface area contributed by atoms with E-state index in [4.69, 9.17) is 9.47 Å². The van der Waals surface area contributed by atoms with Crippen LogP contribution in [-0.2, 0) is 23.9 Å². The van der Waals surface area contributed by atoms with Gasteiger partial charge in [0.2, 0.25) is 0 Å². The average Bonchev–Trinajstić information content (AvgIpc) is 3.08.